The van der Waals surface area contributed by atoms with E-state index in [1.165, 1.54) is 26.4 Å². The molecule has 0 fully saturated rings. The molecule has 1 heterocycles. The van der Waals surface area contributed by atoms with Crippen LogP contribution in [0.2, 0.25) is 5.02 Å². The summed E-state index contributed by atoms with van der Waals surface area (Å²) in [5.74, 6) is -0.971. The second-order valence-corrected chi connectivity index (χ2v) is 6.49. The van der Waals surface area contributed by atoms with E-state index in [1.807, 2.05) is 0 Å². The third kappa shape index (κ3) is 3.84. The third-order valence-corrected chi connectivity index (χ3v) is 4.76. The third-order valence-electron chi connectivity index (χ3n) is 4.44. The van der Waals surface area contributed by atoms with Gasteiger partial charge in [-0.3, -0.25) is 9.59 Å². The molecule has 0 saturated carbocycles. The Hall–Kier alpha value is -2.93. The minimum atomic E-state index is -0.705. The number of carbonyl (C=O) groups excluding carboxylic acids is 2. The Morgan fingerprint density at radius 1 is 1.29 bits per heavy atom. The number of carbonyl (C=O) groups is 2. The molecule has 1 aliphatic carbocycles. The summed E-state index contributed by atoms with van der Waals surface area (Å²) in [5, 5.41) is 2.60. The van der Waals surface area contributed by atoms with Crippen LogP contribution in [0, 0.1) is 11.7 Å². The molecule has 3 rings (SSSR count). The molecule has 1 unspecified atom stereocenters. The van der Waals surface area contributed by atoms with Gasteiger partial charge in [0.1, 0.15) is 23.0 Å². The Balaban J connectivity index is 1.70. The van der Waals surface area contributed by atoms with Gasteiger partial charge in [-0.15, -0.1) is 0 Å². The molecule has 146 valence electrons. The fourth-order valence-electron chi connectivity index (χ4n) is 3.05. The van der Waals surface area contributed by atoms with E-state index in [2.05, 4.69) is 10.3 Å². The molecule has 1 aliphatic heterocycles. The maximum atomic E-state index is 13.8. The van der Waals surface area contributed by atoms with Crippen molar-refractivity contribution < 1.29 is 23.5 Å². The highest BCUT2D eigenvalue weighted by molar-refractivity contribution is 6.33. The second-order valence-electron chi connectivity index (χ2n) is 6.08. The second kappa shape index (κ2) is 8.39. The largest absolute Gasteiger partial charge is 0.500 e. The van der Waals surface area contributed by atoms with E-state index in [-0.39, 0.29) is 29.5 Å². The first-order chi connectivity index (χ1) is 13.5. The summed E-state index contributed by atoms with van der Waals surface area (Å²) >= 11 is 5.89. The van der Waals surface area contributed by atoms with E-state index in [0.717, 1.165) is 6.07 Å². The van der Waals surface area contributed by atoms with Crippen molar-refractivity contribution in [3.8, 4) is 0 Å². The summed E-state index contributed by atoms with van der Waals surface area (Å²) in [6, 6.07) is 4.02. The lowest BCUT2D eigenvalue weighted by atomic mass is 9.89. The molecule has 1 N–H and O–H groups in total. The summed E-state index contributed by atoms with van der Waals surface area (Å²) < 4.78 is 24.4. The van der Waals surface area contributed by atoms with Crippen LogP contribution in [0.25, 0.3) is 0 Å². The summed E-state index contributed by atoms with van der Waals surface area (Å²) in [4.78, 5) is 28.7. The van der Waals surface area contributed by atoms with Crippen LogP contribution in [0.3, 0.4) is 0 Å². The lowest BCUT2D eigenvalue weighted by molar-refractivity contribution is -0.114. The van der Waals surface area contributed by atoms with Crippen molar-refractivity contribution >= 4 is 29.1 Å². The molecule has 0 radical (unpaired) electrons. The van der Waals surface area contributed by atoms with E-state index in [9.17, 15) is 14.0 Å². The number of hydrogen-bond acceptors (Lipinski definition) is 4. The molecule has 0 aromatic heterocycles. The average Bonchev–Trinajstić information content (AvgIpc) is 2.67. The number of dihydropyridines is 1. The molecule has 1 aromatic rings. The van der Waals surface area contributed by atoms with Gasteiger partial charge in [0, 0.05) is 12.1 Å². The molecule has 1 atom stereocenters. The number of aliphatic imine (C=N–C) groups is 1. The topological polar surface area (TPSA) is 77.0 Å². The van der Waals surface area contributed by atoms with E-state index in [0.29, 0.717) is 22.8 Å². The molecule has 0 spiro atoms. The van der Waals surface area contributed by atoms with E-state index in [4.69, 9.17) is 21.1 Å². The van der Waals surface area contributed by atoms with Gasteiger partial charge in [0.05, 0.1) is 30.7 Å². The predicted octanol–water partition coefficient (Wildman–Crippen LogP) is 3.20. The van der Waals surface area contributed by atoms with Gasteiger partial charge in [-0.25, -0.2) is 9.38 Å². The van der Waals surface area contributed by atoms with Gasteiger partial charge in [0.15, 0.2) is 0 Å². The first-order valence-electron chi connectivity index (χ1n) is 8.52. The van der Waals surface area contributed by atoms with Gasteiger partial charge in [0.25, 0.3) is 11.8 Å². The summed E-state index contributed by atoms with van der Waals surface area (Å²) in [5.41, 5.74) is 0.687. The van der Waals surface area contributed by atoms with Crippen molar-refractivity contribution in [1.82, 2.24) is 5.32 Å². The maximum Gasteiger partial charge on any atom is 0.273 e. The molecular weight excluding hydrogens is 387 g/mol. The van der Waals surface area contributed by atoms with Gasteiger partial charge < -0.3 is 14.8 Å². The van der Waals surface area contributed by atoms with E-state index in [1.54, 1.807) is 18.2 Å². The number of allylic oxidation sites excluding steroid dienone is 4. The molecule has 0 bridgehead atoms. The van der Waals surface area contributed by atoms with Gasteiger partial charge in [-0.1, -0.05) is 23.7 Å². The smallest absolute Gasteiger partial charge is 0.273 e. The van der Waals surface area contributed by atoms with Gasteiger partial charge in [-0.2, -0.15) is 0 Å². The number of ether oxygens (including phenoxy) is 2. The highest BCUT2D eigenvalue weighted by Gasteiger charge is 2.32. The normalized spacial score (nSPS) is 18.3. The number of methoxy groups -OCH3 is 2. The summed E-state index contributed by atoms with van der Waals surface area (Å²) in [6.45, 7) is 0.123. The Bertz CT molecular complexity index is 929. The number of hydrogen-bond donors (Lipinski definition) is 1. The molecule has 28 heavy (non-hydrogen) atoms. The number of amides is 2. The van der Waals surface area contributed by atoms with Crippen molar-refractivity contribution in [3.05, 3.63) is 69.9 Å². The number of nitrogens with one attached hydrogen (secondary N) is 1. The van der Waals surface area contributed by atoms with Crippen LogP contribution in [0.5, 0.6) is 0 Å². The first kappa shape index (κ1) is 19.8. The summed E-state index contributed by atoms with van der Waals surface area (Å²) in [7, 11) is 3.04. The Morgan fingerprint density at radius 2 is 2.07 bits per heavy atom. The Kier molecular flexibility index (Phi) is 5.94. The minimum absolute atomic E-state index is 0.0238. The van der Waals surface area contributed by atoms with Crippen LogP contribution in [-0.2, 0) is 14.3 Å². The lowest BCUT2D eigenvalue weighted by Crippen LogP contribution is -2.30. The Labute approximate surface area is 166 Å². The zero-order valence-corrected chi connectivity index (χ0v) is 16.0. The number of benzene rings is 1. The minimum Gasteiger partial charge on any atom is -0.500 e. The molecular formula is C20H18ClFN2O4. The van der Waals surface area contributed by atoms with Gasteiger partial charge >= 0.3 is 0 Å². The quantitative estimate of drug-likeness (QED) is 0.789. The molecule has 1 aromatic carbocycles. The van der Waals surface area contributed by atoms with Crippen LogP contribution in [0.4, 0.5) is 4.39 Å². The number of halogens is 2. The zero-order chi connectivity index (χ0) is 20.3. The average molecular weight is 405 g/mol. The van der Waals surface area contributed by atoms with Crippen LogP contribution in [0.1, 0.15) is 16.8 Å². The van der Waals surface area contributed by atoms with Crippen LogP contribution in [-0.4, -0.2) is 38.3 Å². The molecule has 2 amide bonds. The van der Waals surface area contributed by atoms with E-state index >= 15 is 0 Å². The molecule has 8 heteroatoms. The number of nitrogens with zero attached hydrogens (tertiary/aromatic N) is 1. The highest BCUT2D eigenvalue weighted by Crippen LogP contribution is 2.30. The van der Waals surface area contributed by atoms with Gasteiger partial charge in [0.2, 0.25) is 0 Å². The fraction of sp³-hybridized carbons (Fsp3) is 0.250. The Morgan fingerprint density at radius 3 is 2.75 bits per heavy atom. The van der Waals surface area contributed by atoms with E-state index < -0.39 is 17.6 Å². The maximum absolute atomic E-state index is 13.8. The monoisotopic (exact) mass is 404 g/mol. The predicted molar refractivity (Wildman–Crippen MR) is 103 cm³/mol. The van der Waals surface area contributed by atoms with Crippen molar-refractivity contribution in [2.75, 3.05) is 20.8 Å². The standard InChI is InChI=1S/C20H18ClFN2O4/c1-27-15-6-7-16(28-2)18-12(15)10-11(19(25)24-18)8-9-23-20(26)17-13(21)4-3-5-14(17)22/h3-7,10,12H,8-9H2,1-2H3,(H,23,26). The highest BCUT2D eigenvalue weighted by atomic mass is 35.5. The SMILES string of the molecule is COC1=CC=C(OC)C2C=C(CCNC(=O)c3c(F)cccc3Cl)C(=O)N=C12. The molecule has 0 saturated heterocycles. The van der Waals surface area contributed by atoms with Crippen molar-refractivity contribution in [3.63, 3.8) is 0 Å². The van der Waals surface area contributed by atoms with Crippen molar-refractivity contribution in [1.29, 1.82) is 0 Å². The van der Waals surface area contributed by atoms with Crippen molar-refractivity contribution in [2.24, 2.45) is 10.9 Å². The summed E-state index contributed by atoms with van der Waals surface area (Å²) in [6.07, 6.45) is 5.42. The van der Waals surface area contributed by atoms with Gasteiger partial charge in [-0.05, 0) is 30.7 Å². The lowest BCUT2D eigenvalue weighted by Gasteiger charge is -2.26. The van der Waals surface area contributed by atoms with Crippen LogP contribution >= 0.6 is 11.6 Å². The zero-order valence-electron chi connectivity index (χ0n) is 15.3. The molecule has 2 aliphatic rings. The first-order valence-corrected chi connectivity index (χ1v) is 8.90. The van der Waals surface area contributed by atoms with Crippen LogP contribution < -0.4 is 5.32 Å². The van der Waals surface area contributed by atoms with Crippen molar-refractivity contribution in [2.45, 2.75) is 6.42 Å². The number of fused-ring (bicyclic) bond motifs is 1. The number of rotatable bonds is 6. The van der Waals surface area contributed by atoms with Crippen LogP contribution in [0.15, 0.2) is 58.5 Å². The fourth-order valence-corrected chi connectivity index (χ4v) is 3.29. The molecule has 6 nitrogen and oxygen atoms in total.